The van der Waals surface area contributed by atoms with Gasteiger partial charge < -0.3 is 14.4 Å². The first-order valence-electron chi connectivity index (χ1n) is 12.4. The molecule has 190 valence electrons. The number of carbonyl (C=O) groups is 2. The van der Waals surface area contributed by atoms with E-state index in [1.807, 2.05) is 46.4 Å². The molecular weight excluding hydrogens is 438 g/mol. The first-order chi connectivity index (χ1) is 16.2. The zero-order valence-electron chi connectivity index (χ0n) is 23.1. The lowest BCUT2D eigenvalue weighted by atomic mass is 9.79. The number of amides is 1. The van der Waals surface area contributed by atoms with Crippen LogP contribution in [0, 0.1) is 26.2 Å². The van der Waals surface area contributed by atoms with Gasteiger partial charge in [-0.3, -0.25) is 4.79 Å². The molecule has 0 unspecified atom stereocenters. The first-order valence-corrected chi connectivity index (χ1v) is 12.4. The van der Waals surface area contributed by atoms with Crippen LogP contribution in [-0.4, -0.2) is 36.0 Å². The molecule has 0 radical (unpaired) electrons. The molecule has 0 saturated heterocycles. The molecule has 1 atom stereocenters. The van der Waals surface area contributed by atoms with Gasteiger partial charge in [0.25, 0.3) is 0 Å². The van der Waals surface area contributed by atoms with E-state index in [1.165, 1.54) is 23.8 Å². The van der Waals surface area contributed by atoms with Gasteiger partial charge in [0, 0.05) is 24.1 Å². The van der Waals surface area contributed by atoms with Crippen molar-refractivity contribution in [2.75, 3.05) is 13.7 Å². The fraction of sp³-hybridized carbons (Fsp3) is 0.533. The van der Waals surface area contributed by atoms with Crippen LogP contribution >= 0.6 is 0 Å². The molecule has 0 spiro atoms. The Morgan fingerprint density at radius 3 is 2.03 bits per heavy atom. The Morgan fingerprint density at radius 1 is 0.914 bits per heavy atom. The molecule has 1 amide bonds. The summed E-state index contributed by atoms with van der Waals surface area (Å²) in [7, 11) is 1.41. The van der Waals surface area contributed by atoms with Crippen molar-refractivity contribution in [1.29, 1.82) is 0 Å². The van der Waals surface area contributed by atoms with Crippen LogP contribution in [0.4, 0.5) is 0 Å². The summed E-state index contributed by atoms with van der Waals surface area (Å²) in [5.74, 6) is -0.249. The lowest BCUT2D eigenvalue weighted by Crippen LogP contribution is -2.43. The Morgan fingerprint density at radius 2 is 1.51 bits per heavy atom. The highest BCUT2D eigenvalue weighted by molar-refractivity contribution is 5.86. The highest BCUT2D eigenvalue weighted by atomic mass is 16.6. The maximum absolute atomic E-state index is 13.1. The number of fused-ring (bicyclic) bond motifs is 1. The Labute approximate surface area is 210 Å². The molecule has 0 aromatic heterocycles. The topological polar surface area (TPSA) is 55.8 Å². The van der Waals surface area contributed by atoms with Gasteiger partial charge in [-0.05, 0) is 81.3 Å². The van der Waals surface area contributed by atoms with Crippen LogP contribution in [0.3, 0.4) is 0 Å². The van der Waals surface area contributed by atoms with Crippen molar-refractivity contribution >= 4 is 11.9 Å². The summed E-state index contributed by atoms with van der Waals surface area (Å²) in [6, 6.07) is 8.36. The molecule has 35 heavy (non-hydrogen) atoms. The van der Waals surface area contributed by atoms with E-state index in [-0.39, 0.29) is 5.91 Å². The van der Waals surface area contributed by atoms with Gasteiger partial charge in [0.05, 0.1) is 12.7 Å². The van der Waals surface area contributed by atoms with Crippen molar-refractivity contribution in [1.82, 2.24) is 4.90 Å². The van der Waals surface area contributed by atoms with E-state index in [9.17, 15) is 9.59 Å². The first kappa shape index (κ1) is 26.9. The summed E-state index contributed by atoms with van der Waals surface area (Å²) in [6.07, 6.45) is -0.108. The summed E-state index contributed by atoms with van der Waals surface area (Å²) >= 11 is 0. The second kappa shape index (κ2) is 9.77. The minimum Gasteiger partial charge on any atom is -0.467 e. The van der Waals surface area contributed by atoms with E-state index in [0.29, 0.717) is 13.1 Å². The molecule has 1 aliphatic heterocycles. The van der Waals surface area contributed by atoms with Crippen molar-refractivity contribution in [2.45, 2.75) is 87.0 Å². The molecule has 3 rings (SSSR count). The number of rotatable bonds is 4. The fourth-order valence-electron chi connectivity index (χ4n) is 4.98. The quantitative estimate of drug-likeness (QED) is 0.487. The van der Waals surface area contributed by atoms with Gasteiger partial charge in [-0.2, -0.15) is 0 Å². The molecule has 0 bridgehead atoms. The van der Waals surface area contributed by atoms with Crippen molar-refractivity contribution in [3.63, 3.8) is 0 Å². The third-order valence-corrected chi connectivity index (χ3v) is 6.72. The van der Waals surface area contributed by atoms with Crippen LogP contribution in [0.2, 0.25) is 0 Å². The minimum absolute atomic E-state index is 0.157. The number of ether oxygens (including phenoxy) is 2. The summed E-state index contributed by atoms with van der Waals surface area (Å²) in [5.41, 5.74) is 7.58. The maximum atomic E-state index is 13.1. The number of benzene rings is 2. The summed E-state index contributed by atoms with van der Waals surface area (Å²) < 4.78 is 11.6. The van der Waals surface area contributed by atoms with Gasteiger partial charge in [-0.25, -0.2) is 4.79 Å². The van der Waals surface area contributed by atoms with E-state index in [1.54, 1.807) is 0 Å². The maximum Gasteiger partial charge on any atom is 0.339 e. The number of hydrogen-bond donors (Lipinski definition) is 0. The van der Waals surface area contributed by atoms with Gasteiger partial charge in [-0.1, -0.05) is 50.6 Å². The van der Waals surface area contributed by atoms with E-state index in [4.69, 9.17) is 9.47 Å². The summed E-state index contributed by atoms with van der Waals surface area (Å²) in [4.78, 5) is 28.2. The molecule has 0 aliphatic carbocycles. The normalized spacial score (nSPS) is 15.0. The molecular formula is C30H41NO4. The summed E-state index contributed by atoms with van der Waals surface area (Å²) in [5, 5.41) is 0. The number of carbonyl (C=O) groups excluding carboxylic acids is 2. The third kappa shape index (κ3) is 5.61. The van der Waals surface area contributed by atoms with Crippen LogP contribution in [0.1, 0.15) is 81.0 Å². The van der Waals surface area contributed by atoms with Gasteiger partial charge in [-0.15, -0.1) is 0 Å². The molecule has 2 aromatic carbocycles. The zero-order valence-corrected chi connectivity index (χ0v) is 23.1. The van der Waals surface area contributed by atoms with Gasteiger partial charge in [0.15, 0.2) is 6.10 Å². The van der Waals surface area contributed by atoms with Crippen LogP contribution in [-0.2, 0) is 32.0 Å². The summed E-state index contributed by atoms with van der Waals surface area (Å²) in [6.45, 7) is 19.2. The second-order valence-corrected chi connectivity index (χ2v) is 11.7. The second-order valence-electron chi connectivity index (χ2n) is 11.7. The van der Waals surface area contributed by atoms with Crippen LogP contribution in [0.5, 0.6) is 0 Å². The average molecular weight is 480 g/mol. The molecule has 0 N–H and O–H groups in total. The van der Waals surface area contributed by atoms with Crippen LogP contribution in [0.25, 0.3) is 11.1 Å². The lowest BCUT2D eigenvalue weighted by molar-refractivity contribution is -0.164. The molecule has 0 saturated carbocycles. The third-order valence-electron chi connectivity index (χ3n) is 6.72. The molecule has 5 heteroatoms. The minimum atomic E-state index is -0.852. The van der Waals surface area contributed by atoms with Gasteiger partial charge in [0.2, 0.25) is 5.91 Å². The fourth-order valence-corrected chi connectivity index (χ4v) is 4.98. The highest BCUT2D eigenvalue weighted by Gasteiger charge is 2.37. The van der Waals surface area contributed by atoms with Crippen molar-refractivity contribution in [3.8, 4) is 11.1 Å². The van der Waals surface area contributed by atoms with E-state index >= 15 is 0 Å². The number of aryl methyl sites for hydroxylation is 1. The molecule has 1 aliphatic rings. The SMILES string of the molecule is COC(=O)[C@@H](OC(C)(C)C)c1c(C)c2c(c(C)c1-c1ccc(C)cc1)CN(C(=O)C(C)(C)C)CC2. The molecule has 2 aromatic rings. The van der Waals surface area contributed by atoms with E-state index in [2.05, 4.69) is 45.0 Å². The predicted molar refractivity (Wildman–Crippen MR) is 140 cm³/mol. The van der Waals surface area contributed by atoms with Gasteiger partial charge in [0.1, 0.15) is 0 Å². The standard InChI is InChI=1S/C30H41NO4/c1-18-11-13-21(14-12-18)24-20(3)23-17-31(28(33)29(4,5)6)16-15-22(23)19(2)25(24)26(27(32)34-10)35-30(7,8)9/h11-14,26H,15-17H2,1-10H3/t26-/m0/s1. The van der Waals surface area contributed by atoms with Gasteiger partial charge >= 0.3 is 5.97 Å². The molecule has 5 nitrogen and oxygen atoms in total. The van der Waals surface area contributed by atoms with E-state index in [0.717, 1.165) is 34.2 Å². The monoisotopic (exact) mass is 479 g/mol. The van der Waals surface area contributed by atoms with Crippen LogP contribution < -0.4 is 0 Å². The van der Waals surface area contributed by atoms with Crippen molar-refractivity contribution in [2.24, 2.45) is 5.41 Å². The van der Waals surface area contributed by atoms with E-state index < -0.39 is 23.1 Å². The van der Waals surface area contributed by atoms with Crippen LogP contribution in [0.15, 0.2) is 24.3 Å². The van der Waals surface area contributed by atoms with Crippen molar-refractivity contribution in [3.05, 3.63) is 57.6 Å². The number of esters is 1. The smallest absolute Gasteiger partial charge is 0.339 e. The molecule has 1 heterocycles. The Bertz CT molecular complexity index is 1120. The zero-order chi connectivity index (χ0) is 26.3. The predicted octanol–water partition coefficient (Wildman–Crippen LogP) is 6.24. The highest BCUT2D eigenvalue weighted by Crippen LogP contribution is 2.43. The number of nitrogens with zero attached hydrogens (tertiary/aromatic N) is 1. The number of hydrogen-bond acceptors (Lipinski definition) is 4. The Hall–Kier alpha value is -2.66. The van der Waals surface area contributed by atoms with Crippen molar-refractivity contribution < 1.29 is 19.1 Å². The average Bonchev–Trinajstić information content (AvgIpc) is 2.78. The molecule has 0 fully saturated rings. The number of methoxy groups -OCH3 is 1. The Kier molecular flexibility index (Phi) is 7.52. The lowest BCUT2D eigenvalue weighted by Gasteiger charge is -2.37. The largest absolute Gasteiger partial charge is 0.467 e. The Balaban J connectivity index is 2.30.